The number of rotatable bonds is 6. The van der Waals surface area contributed by atoms with Crippen LogP contribution in [0.15, 0.2) is 42.4 Å². The first-order valence-corrected chi connectivity index (χ1v) is 11.5. The van der Waals surface area contributed by atoms with Crippen LogP contribution in [0.1, 0.15) is 25.7 Å². The monoisotopic (exact) mass is 442 g/mol. The van der Waals surface area contributed by atoms with E-state index in [2.05, 4.69) is 25.0 Å². The second-order valence-corrected chi connectivity index (χ2v) is 8.97. The summed E-state index contributed by atoms with van der Waals surface area (Å²) in [6, 6.07) is 4.05. The molecule has 0 amide bonds. The van der Waals surface area contributed by atoms with Crippen molar-refractivity contribution in [2.45, 2.75) is 44.4 Å². The molecule has 7 nitrogen and oxygen atoms in total. The largest absolute Gasteiger partial charge is 0.392 e. The average molecular weight is 443 g/mol. The summed E-state index contributed by atoms with van der Waals surface area (Å²) >= 11 is 7.93. The van der Waals surface area contributed by atoms with Gasteiger partial charge in [-0.3, -0.25) is 0 Å². The van der Waals surface area contributed by atoms with E-state index in [9.17, 15) is 5.11 Å². The van der Waals surface area contributed by atoms with Crippen molar-refractivity contribution >= 4 is 34.0 Å². The fourth-order valence-corrected chi connectivity index (χ4v) is 4.96. The number of aryl methyl sites for hydroxylation is 1. The summed E-state index contributed by atoms with van der Waals surface area (Å²) in [5.74, 6) is 0. The van der Waals surface area contributed by atoms with E-state index in [1.165, 1.54) is 0 Å². The third kappa shape index (κ3) is 3.88. The quantitative estimate of drug-likeness (QED) is 0.473. The van der Waals surface area contributed by atoms with Gasteiger partial charge in [0.15, 0.2) is 0 Å². The van der Waals surface area contributed by atoms with Gasteiger partial charge >= 0.3 is 0 Å². The van der Waals surface area contributed by atoms with Gasteiger partial charge in [0.05, 0.1) is 29.7 Å². The van der Waals surface area contributed by atoms with E-state index in [0.717, 1.165) is 66.1 Å². The zero-order chi connectivity index (χ0) is 20.5. The van der Waals surface area contributed by atoms with Crippen LogP contribution < -0.4 is 5.32 Å². The molecule has 30 heavy (non-hydrogen) atoms. The van der Waals surface area contributed by atoms with Crippen LogP contribution in [0.25, 0.3) is 27.3 Å². The number of halogens is 1. The van der Waals surface area contributed by atoms with Crippen molar-refractivity contribution in [2.75, 3.05) is 6.54 Å². The lowest BCUT2D eigenvalue weighted by Gasteiger charge is -2.29. The Bertz CT molecular complexity index is 1140. The number of piperidine rings is 1. The van der Waals surface area contributed by atoms with Crippen LogP contribution in [-0.4, -0.2) is 48.1 Å². The summed E-state index contributed by atoms with van der Waals surface area (Å²) in [4.78, 5) is 8.90. The average Bonchev–Trinajstić information content (AvgIpc) is 3.49. The maximum atomic E-state index is 10.2. The van der Waals surface area contributed by atoms with E-state index in [4.69, 9.17) is 11.6 Å². The third-order valence-electron chi connectivity index (χ3n) is 5.65. The number of hydrogen-bond acceptors (Lipinski definition) is 6. The maximum Gasteiger partial charge on any atom is 0.210 e. The number of aliphatic hydroxyl groups is 1. The Kier molecular flexibility index (Phi) is 5.56. The number of aliphatic hydroxyl groups excluding tert-OH is 1. The molecular formula is C21H23ClN6OS. The second kappa shape index (κ2) is 8.47. The summed E-state index contributed by atoms with van der Waals surface area (Å²) < 4.78 is 3.96. The van der Waals surface area contributed by atoms with Crippen LogP contribution in [0.5, 0.6) is 0 Å². The normalized spacial score (nSPS) is 19.5. The number of benzene rings is 1. The Balaban J connectivity index is 1.42. The van der Waals surface area contributed by atoms with Gasteiger partial charge in [0.2, 0.25) is 5.13 Å². The molecule has 1 fully saturated rings. The number of thiazole rings is 1. The molecule has 0 spiro atoms. The van der Waals surface area contributed by atoms with Gasteiger partial charge in [-0.05, 0) is 44.4 Å². The zero-order valence-corrected chi connectivity index (χ0v) is 18.0. The Hall–Kier alpha value is -2.26. The summed E-state index contributed by atoms with van der Waals surface area (Å²) in [5, 5.41) is 21.5. The van der Waals surface area contributed by atoms with Crippen molar-refractivity contribution < 1.29 is 5.11 Å². The van der Waals surface area contributed by atoms with Crippen LogP contribution in [0.3, 0.4) is 0 Å². The van der Waals surface area contributed by atoms with E-state index in [0.29, 0.717) is 5.02 Å². The minimum absolute atomic E-state index is 0.180. The number of aromatic nitrogens is 5. The lowest BCUT2D eigenvalue weighted by molar-refractivity contribution is 0.0909. The van der Waals surface area contributed by atoms with Crippen LogP contribution in [0, 0.1) is 0 Å². The molecule has 9 heteroatoms. The number of nitrogens with zero attached hydrogens (tertiary/aromatic N) is 5. The van der Waals surface area contributed by atoms with Gasteiger partial charge in [0, 0.05) is 46.5 Å². The Labute approximate surface area is 183 Å². The van der Waals surface area contributed by atoms with Gasteiger partial charge in [0.1, 0.15) is 0 Å². The van der Waals surface area contributed by atoms with Gasteiger partial charge in [0.25, 0.3) is 0 Å². The van der Waals surface area contributed by atoms with Gasteiger partial charge in [-0.15, -0.1) is 11.3 Å². The SMILES string of the molecule is O[C@H]1CCCN[C@@H]1CCCn1cnc2cc(Cl)cc(-c3cnn(-c4nccs4)c3)c21. The predicted molar refractivity (Wildman–Crippen MR) is 119 cm³/mol. The number of imidazole rings is 1. The highest BCUT2D eigenvalue weighted by Crippen LogP contribution is 2.32. The fraction of sp³-hybridized carbons (Fsp3) is 0.381. The Morgan fingerprint density at radius 2 is 2.23 bits per heavy atom. The molecular weight excluding hydrogens is 420 g/mol. The van der Waals surface area contributed by atoms with Crippen molar-refractivity contribution in [3.63, 3.8) is 0 Å². The molecule has 3 aromatic heterocycles. The van der Waals surface area contributed by atoms with Crippen molar-refractivity contribution in [3.05, 3.63) is 47.5 Å². The van der Waals surface area contributed by atoms with Crippen molar-refractivity contribution in [1.82, 2.24) is 29.6 Å². The minimum atomic E-state index is -0.246. The molecule has 0 saturated carbocycles. The number of hydrogen-bond donors (Lipinski definition) is 2. The first kappa shape index (κ1) is 19.7. The van der Waals surface area contributed by atoms with Crippen LogP contribution in [0.4, 0.5) is 0 Å². The molecule has 1 aliphatic heterocycles. The molecule has 4 heterocycles. The lowest BCUT2D eigenvalue weighted by Crippen LogP contribution is -2.44. The highest BCUT2D eigenvalue weighted by Gasteiger charge is 2.22. The molecule has 5 rings (SSSR count). The molecule has 1 aromatic carbocycles. The van der Waals surface area contributed by atoms with Gasteiger partial charge in [-0.2, -0.15) is 5.10 Å². The van der Waals surface area contributed by atoms with Crippen LogP contribution in [0.2, 0.25) is 5.02 Å². The predicted octanol–water partition coefficient (Wildman–Crippen LogP) is 3.89. The smallest absolute Gasteiger partial charge is 0.210 e. The molecule has 1 aliphatic rings. The van der Waals surface area contributed by atoms with Crippen molar-refractivity contribution in [1.29, 1.82) is 0 Å². The zero-order valence-electron chi connectivity index (χ0n) is 16.4. The topological polar surface area (TPSA) is 80.8 Å². The standard InChI is InChI=1S/C21H23ClN6OS/c22-15-9-16(14-11-26-28(12-14)21-24-6-8-30-21)20-18(10-15)25-13-27(20)7-2-3-17-19(29)4-1-5-23-17/h6,8-13,17,19,23,29H,1-5,7H2/t17-,19+/m1/s1. The first-order chi connectivity index (χ1) is 14.7. The summed E-state index contributed by atoms with van der Waals surface area (Å²) in [6.45, 7) is 1.82. The minimum Gasteiger partial charge on any atom is -0.392 e. The van der Waals surface area contributed by atoms with Crippen molar-refractivity contribution in [2.24, 2.45) is 0 Å². The van der Waals surface area contributed by atoms with E-state index < -0.39 is 0 Å². The van der Waals surface area contributed by atoms with E-state index in [1.807, 2.05) is 36.2 Å². The molecule has 0 radical (unpaired) electrons. The summed E-state index contributed by atoms with van der Waals surface area (Å²) in [6.07, 6.45) is 11.0. The first-order valence-electron chi connectivity index (χ1n) is 10.2. The second-order valence-electron chi connectivity index (χ2n) is 7.66. The summed E-state index contributed by atoms with van der Waals surface area (Å²) in [5.41, 5.74) is 3.91. The van der Waals surface area contributed by atoms with E-state index >= 15 is 0 Å². The fourth-order valence-electron chi connectivity index (χ4n) is 4.17. The molecule has 2 atom stereocenters. The molecule has 1 saturated heterocycles. The van der Waals surface area contributed by atoms with Crippen LogP contribution in [-0.2, 0) is 6.54 Å². The molecule has 0 aliphatic carbocycles. The summed E-state index contributed by atoms with van der Waals surface area (Å²) in [7, 11) is 0. The van der Waals surface area contributed by atoms with Crippen LogP contribution >= 0.6 is 22.9 Å². The van der Waals surface area contributed by atoms with E-state index in [-0.39, 0.29) is 12.1 Å². The van der Waals surface area contributed by atoms with E-state index in [1.54, 1.807) is 22.2 Å². The highest BCUT2D eigenvalue weighted by molar-refractivity contribution is 7.12. The number of nitrogens with one attached hydrogen (secondary N) is 1. The van der Waals surface area contributed by atoms with Gasteiger partial charge < -0.3 is 15.0 Å². The molecule has 156 valence electrons. The van der Waals surface area contributed by atoms with Gasteiger partial charge in [-0.25, -0.2) is 14.6 Å². The Morgan fingerprint density at radius 1 is 1.30 bits per heavy atom. The molecule has 2 N–H and O–H groups in total. The molecule has 0 bridgehead atoms. The third-order valence-corrected chi connectivity index (χ3v) is 6.63. The molecule has 0 unspecified atom stereocenters. The molecule has 4 aromatic rings. The highest BCUT2D eigenvalue weighted by atomic mass is 35.5. The number of fused-ring (bicyclic) bond motifs is 1. The van der Waals surface area contributed by atoms with Crippen molar-refractivity contribution in [3.8, 4) is 16.3 Å². The lowest BCUT2D eigenvalue weighted by atomic mass is 9.97. The van der Waals surface area contributed by atoms with Gasteiger partial charge in [-0.1, -0.05) is 11.6 Å². The maximum absolute atomic E-state index is 10.2. The Morgan fingerprint density at radius 3 is 3.07 bits per heavy atom.